The van der Waals surface area contributed by atoms with E-state index in [1.807, 2.05) is 11.3 Å². The normalized spacial score (nSPS) is 14.3. The lowest BCUT2D eigenvalue weighted by molar-refractivity contribution is 0.500. The van der Waals surface area contributed by atoms with Crippen LogP contribution < -0.4 is 5.32 Å². The van der Waals surface area contributed by atoms with Crippen LogP contribution in [0, 0.1) is 0 Å². The van der Waals surface area contributed by atoms with Crippen molar-refractivity contribution in [3.8, 4) is 0 Å². The van der Waals surface area contributed by atoms with Gasteiger partial charge < -0.3 is 5.32 Å². The van der Waals surface area contributed by atoms with Crippen molar-refractivity contribution < 1.29 is 0 Å². The van der Waals surface area contributed by atoms with Gasteiger partial charge in [-0.3, -0.25) is 0 Å². The van der Waals surface area contributed by atoms with E-state index in [4.69, 9.17) is 0 Å². The van der Waals surface area contributed by atoms with Gasteiger partial charge in [0.05, 0.1) is 0 Å². The molecule has 1 N–H and O–H groups in total. The molecule has 0 amide bonds. The highest BCUT2D eigenvalue weighted by molar-refractivity contribution is 7.10. The highest BCUT2D eigenvalue weighted by atomic mass is 32.1. The number of hydrogen-bond acceptors (Lipinski definition) is 2. The smallest absolute Gasteiger partial charge is 0.0391 e. The number of benzene rings is 1. The molecule has 0 spiro atoms. The second-order valence-corrected chi connectivity index (χ2v) is 6.10. The SMILES string of the molecule is CCCc1ccc(C(C)NC(C)c2cccs2)cc1. The fourth-order valence-electron chi connectivity index (χ4n) is 2.35. The summed E-state index contributed by atoms with van der Waals surface area (Å²) in [6.07, 6.45) is 2.39. The van der Waals surface area contributed by atoms with Crippen molar-refractivity contribution in [2.24, 2.45) is 0 Å². The van der Waals surface area contributed by atoms with E-state index < -0.39 is 0 Å². The standard InChI is InChI=1S/C17H23NS/c1-4-6-15-8-10-16(11-9-15)13(2)18-14(3)17-7-5-12-19-17/h5,7-14,18H,4,6H2,1-3H3. The number of thiophene rings is 1. The predicted octanol–water partition coefficient (Wildman–Crippen LogP) is 5.11. The molecule has 19 heavy (non-hydrogen) atoms. The van der Waals surface area contributed by atoms with E-state index >= 15 is 0 Å². The van der Waals surface area contributed by atoms with Crippen molar-refractivity contribution in [3.05, 3.63) is 57.8 Å². The van der Waals surface area contributed by atoms with Crippen LogP contribution in [0.15, 0.2) is 41.8 Å². The van der Waals surface area contributed by atoms with Gasteiger partial charge in [0, 0.05) is 17.0 Å². The third-order valence-corrected chi connectivity index (χ3v) is 4.54. The first-order chi connectivity index (χ1) is 9.20. The molecule has 1 aromatic heterocycles. The van der Waals surface area contributed by atoms with Crippen molar-refractivity contribution in [1.82, 2.24) is 5.32 Å². The number of aryl methyl sites for hydroxylation is 1. The predicted molar refractivity (Wildman–Crippen MR) is 84.7 cm³/mol. The van der Waals surface area contributed by atoms with Crippen LogP contribution in [0.4, 0.5) is 0 Å². The zero-order valence-corrected chi connectivity index (χ0v) is 12.8. The molecular formula is C17H23NS. The van der Waals surface area contributed by atoms with Crippen molar-refractivity contribution >= 4 is 11.3 Å². The van der Waals surface area contributed by atoms with E-state index in [9.17, 15) is 0 Å². The van der Waals surface area contributed by atoms with Crippen LogP contribution in [-0.4, -0.2) is 0 Å². The molecule has 0 aliphatic rings. The zero-order chi connectivity index (χ0) is 13.7. The van der Waals surface area contributed by atoms with E-state index in [2.05, 4.69) is 67.9 Å². The molecule has 0 saturated heterocycles. The first-order valence-corrected chi connectivity index (χ1v) is 7.97. The molecule has 0 fully saturated rings. The zero-order valence-electron chi connectivity index (χ0n) is 12.0. The van der Waals surface area contributed by atoms with Gasteiger partial charge in [0.2, 0.25) is 0 Å². The van der Waals surface area contributed by atoms with Crippen LogP contribution in [-0.2, 0) is 6.42 Å². The molecule has 0 bridgehead atoms. The van der Waals surface area contributed by atoms with E-state index in [1.165, 1.54) is 28.8 Å². The highest BCUT2D eigenvalue weighted by Crippen LogP contribution is 2.23. The summed E-state index contributed by atoms with van der Waals surface area (Å²) in [6.45, 7) is 6.69. The summed E-state index contributed by atoms with van der Waals surface area (Å²) < 4.78 is 0. The van der Waals surface area contributed by atoms with Crippen molar-refractivity contribution in [2.75, 3.05) is 0 Å². The van der Waals surface area contributed by atoms with Gasteiger partial charge in [-0.1, -0.05) is 43.7 Å². The molecule has 0 aliphatic heterocycles. The lowest BCUT2D eigenvalue weighted by Crippen LogP contribution is -2.21. The quantitative estimate of drug-likeness (QED) is 0.771. The average molecular weight is 273 g/mol. The van der Waals surface area contributed by atoms with Gasteiger partial charge in [0.1, 0.15) is 0 Å². The summed E-state index contributed by atoms with van der Waals surface area (Å²) in [6, 6.07) is 14.1. The first-order valence-electron chi connectivity index (χ1n) is 7.09. The summed E-state index contributed by atoms with van der Waals surface area (Å²) in [4.78, 5) is 1.40. The Morgan fingerprint density at radius 1 is 1.05 bits per heavy atom. The minimum atomic E-state index is 0.382. The molecule has 2 atom stereocenters. The molecule has 1 heterocycles. The fourth-order valence-corrected chi connectivity index (χ4v) is 3.10. The van der Waals surface area contributed by atoms with Gasteiger partial charge in [-0.2, -0.15) is 0 Å². The monoisotopic (exact) mass is 273 g/mol. The molecule has 102 valence electrons. The van der Waals surface area contributed by atoms with Crippen molar-refractivity contribution in [1.29, 1.82) is 0 Å². The Balaban J connectivity index is 1.97. The van der Waals surface area contributed by atoms with Crippen LogP contribution in [0.2, 0.25) is 0 Å². The van der Waals surface area contributed by atoms with Gasteiger partial charge in [-0.15, -0.1) is 11.3 Å². The van der Waals surface area contributed by atoms with Gasteiger partial charge in [0.25, 0.3) is 0 Å². The second kappa shape index (κ2) is 6.88. The molecule has 0 saturated carbocycles. The lowest BCUT2D eigenvalue weighted by Gasteiger charge is -2.19. The van der Waals surface area contributed by atoms with E-state index in [-0.39, 0.29) is 0 Å². The maximum atomic E-state index is 3.66. The maximum Gasteiger partial charge on any atom is 0.0391 e. The average Bonchev–Trinajstić information content (AvgIpc) is 2.94. The van der Waals surface area contributed by atoms with Crippen molar-refractivity contribution in [2.45, 2.75) is 45.7 Å². The molecule has 2 aromatic rings. The third kappa shape index (κ3) is 3.92. The number of hydrogen-bond donors (Lipinski definition) is 1. The Morgan fingerprint density at radius 3 is 2.37 bits per heavy atom. The molecule has 0 aliphatic carbocycles. The first kappa shape index (κ1) is 14.3. The summed E-state index contributed by atoms with van der Waals surface area (Å²) in [5.41, 5.74) is 2.80. The van der Waals surface area contributed by atoms with E-state index in [1.54, 1.807) is 0 Å². The fraction of sp³-hybridized carbons (Fsp3) is 0.412. The van der Waals surface area contributed by atoms with Gasteiger partial charge in [-0.25, -0.2) is 0 Å². The Bertz CT molecular complexity index is 472. The molecule has 2 heteroatoms. The summed E-state index contributed by atoms with van der Waals surface area (Å²) >= 11 is 1.81. The third-order valence-electron chi connectivity index (χ3n) is 3.49. The molecule has 1 aromatic carbocycles. The van der Waals surface area contributed by atoms with Gasteiger partial charge in [0.15, 0.2) is 0 Å². The van der Waals surface area contributed by atoms with Crippen LogP contribution in [0.25, 0.3) is 0 Å². The largest absolute Gasteiger partial charge is 0.303 e. The van der Waals surface area contributed by atoms with E-state index in [0.717, 1.165) is 0 Å². The molecule has 0 radical (unpaired) electrons. The lowest BCUT2D eigenvalue weighted by atomic mass is 10.0. The van der Waals surface area contributed by atoms with Crippen LogP contribution in [0.3, 0.4) is 0 Å². The molecule has 2 unspecified atom stereocenters. The second-order valence-electron chi connectivity index (χ2n) is 5.12. The minimum absolute atomic E-state index is 0.382. The van der Waals surface area contributed by atoms with Crippen LogP contribution in [0.5, 0.6) is 0 Å². The van der Waals surface area contributed by atoms with Crippen molar-refractivity contribution in [3.63, 3.8) is 0 Å². The minimum Gasteiger partial charge on any atom is -0.303 e. The number of nitrogens with one attached hydrogen (secondary N) is 1. The van der Waals surface area contributed by atoms with Crippen LogP contribution in [0.1, 0.15) is 55.3 Å². The summed E-state index contributed by atoms with van der Waals surface area (Å²) in [5.74, 6) is 0. The van der Waals surface area contributed by atoms with Gasteiger partial charge in [-0.05, 0) is 42.8 Å². The molecular weight excluding hydrogens is 250 g/mol. The molecule has 2 rings (SSSR count). The summed E-state index contributed by atoms with van der Waals surface area (Å²) in [7, 11) is 0. The highest BCUT2D eigenvalue weighted by Gasteiger charge is 2.11. The number of rotatable bonds is 6. The Hall–Kier alpha value is -1.12. The Morgan fingerprint density at radius 2 is 1.79 bits per heavy atom. The molecule has 1 nitrogen and oxygen atoms in total. The maximum absolute atomic E-state index is 3.66. The van der Waals surface area contributed by atoms with Gasteiger partial charge >= 0.3 is 0 Å². The van der Waals surface area contributed by atoms with Crippen LogP contribution >= 0.6 is 11.3 Å². The Labute approximate surface area is 120 Å². The topological polar surface area (TPSA) is 12.0 Å². The van der Waals surface area contributed by atoms with E-state index in [0.29, 0.717) is 12.1 Å². The summed E-state index contributed by atoms with van der Waals surface area (Å²) in [5, 5.41) is 5.80. The Kier molecular flexibility index (Phi) is 5.17.